The van der Waals surface area contributed by atoms with Crippen molar-refractivity contribution in [2.24, 2.45) is 11.7 Å². The number of hydrogen-bond donors (Lipinski definition) is 2. The molecule has 0 spiro atoms. The van der Waals surface area contributed by atoms with Gasteiger partial charge in [-0.25, -0.2) is 0 Å². The average Bonchev–Trinajstić information content (AvgIpc) is 1.95. The molecule has 0 saturated carbocycles. The first-order valence-electron chi connectivity index (χ1n) is 4.04. The van der Waals surface area contributed by atoms with Crippen molar-refractivity contribution in [1.29, 1.82) is 0 Å². The molecule has 0 aliphatic rings. The van der Waals surface area contributed by atoms with Gasteiger partial charge in [0.05, 0.1) is 0 Å². The van der Waals surface area contributed by atoms with Crippen LogP contribution in [0.25, 0.3) is 0 Å². The Labute approximate surface area is 98.4 Å². The molecule has 0 heterocycles. The van der Waals surface area contributed by atoms with Crippen molar-refractivity contribution < 1.29 is 36.2 Å². The molecule has 0 aromatic carbocycles. The SMILES string of the molecule is Cl.N[C@H](C(=O)O)C(CC(F)(F)F)CC(F)(F)F. The highest BCUT2D eigenvalue weighted by molar-refractivity contribution is 5.85. The summed E-state index contributed by atoms with van der Waals surface area (Å²) < 4.78 is 71.3. The molecule has 0 aromatic heterocycles. The zero-order chi connectivity index (χ0) is 13.1. The van der Waals surface area contributed by atoms with Crippen molar-refractivity contribution >= 4 is 18.4 Å². The van der Waals surface area contributed by atoms with Crippen LogP contribution in [0.2, 0.25) is 0 Å². The van der Waals surface area contributed by atoms with Crippen molar-refractivity contribution in [2.75, 3.05) is 0 Å². The van der Waals surface area contributed by atoms with Gasteiger partial charge in [-0.2, -0.15) is 26.3 Å². The highest BCUT2D eigenvalue weighted by Gasteiger charge is 2.43. The highest BCUT2D eigenvalue weighted by atomic mass is 35.5. The fourth-order valence-electron chi connectivity index (χ4n) is 1.12. The predicted molar refractivity (Wildman–Crippen MR) is 47.7 cm³/mol. The molecular formula is C7H10ClF6NO2. The van der Waals surface area contributed by atoms with Crippen LogP contribution in [-0.2, 0) is 4.79 Å². The van der Waals surface area contributed by atoms with Crippen molar-refractivity contribution in [3.8, 4) is 0 Å². The fourth-order valence-corrected chi connectivity index (χ4v) is 1.12. The molecule has 0 unspecified atom stereocenters. The second-order valence-electron chi connectivity index (χ2n) is 3.26. The van der Waals surface area contributed by atoms with Gasteiger partial charge in [-0.1, -0.05) is 0 Å². The smallest absolute Gasteiger partial charge is 0.389 e. The normalized spacial score (nSPS) is 14.4. The first kappa shape index (κ1) is 18.7. The minimum atomic E-state index is -4.89. The summed E-state index contributed by atoms with van der Waals surface area (Å²) in [5.41, 5.74) is 4.78. The minimum absolute atomic E-state index is 0. The van der Waals surface area contributed by atoms with Crippen molar-refractivity contribution in [2.45, 2.75) is 31.2 Å². The third kappa shape index (κ3) is 9.04. The lowest BCUT2D eigenvalue weighted by molar-refractivity contribution is -0.177. The van der Waals surface area contributed by atoms with E-state index in [0.29, 0.717) is 0 Å². The quantitative estimate of drug-likeness (QED) is 0.781. The number of halogens is 7. The number of carboxylic acids is 1. The molecule has 0 bridgehead atoms. The molecule has 0 radical (unpaired) electrons. The number of aliphatic carboxylic acids is 1. The number of carboxylic acid groups (broad SMARTS) is 1. The predicted octanol–water partition coefficient (Wildman–Crippen LogP) is 2.34. The standard InChI is InChI=1S/C7H9F6NO2.ClH/c8-6(9,10)1-3(2-7(11,12)13)4(14)5(15)16;/h3-4H,1-2,14H2,(H,15,16);1H/t4-;/m0./s1. The maximum Gasteiger partial charge on any atom is 0.389 e. The molecule has 0 fully saturated rings. The van der Waals surface area contributed by atoms with Gasteiger partial charge in [0.1, 0.15) is 6.04 Å². The largest absolute Gasteiger partial charge is 0.480 e. The molecule has 0 aliphatic carbocycles. The first-order chi connectivity index (χ1) is 6.92. The molecule has 0 amide bonds. The van der Waals surface area contributed by atoms with E-state index in [2.05, 4.69) is 0 Å². The van der Waals surface area contributed by atoms with Crippen LogP contribution in [0.15, 0.2) is 0 Å². The van der Waals surface area contributed by atoms with Gasteiger partial charge in [0.15, 0.2) is 0 Å². The molecule has 104 valence electrons. The van der Waals surface area contributed by atoms with E-state index >= 15 is 0 Å². The van der Waals surface area contributed by atoms with Gasteiger partial charge in [-0.05, 0) is 0 Å². The van der Waals surface area contributed by atoms with Crippen LogP contribution < -0.4 is 5.73 Å². The molecule has 10 heteroatoms. The molecule has 0 saturated heterocycles. The van der Waals surface area contributed by atoms with E-state index in [4.69, 9.17) is 10.8 Å². The van der Waals surface area contributed by atoms with E-state index in [9.17, 15) is 31.1 Å². The van der Waals surface area contributed by atoms with Gasteiger partial charge in [0, 0.05) is 18.8 Å². The molecule has 3 N–H and O–H groups in total. The van der Waals surface area contributed by atoms with Crippen LogP contribution in [0.4, 0.5) is 26.3 Å². The summed E-state index contributed by atoms with van der Waals surface area (Å²) in [5.74, 6) is -4.10. The summed E-state index contributed by atoms with van der Waals surface area (Å²) in [6.45, 7) is 0. The van der Waals surface area contributed by atoms with Gasteiger partial charge >= 0.3 is 18.3 Å². The van der Waals surface area contributed by atoms with Crippen LogP contribution in [-0.4, -0.2) is 29.5 Å². The number of nitrogens with two attached hydrogens (primary N) is 1. The monoisotopic (exact) mass is 289 g/mol. The molecule has 0 aromatic rings. The van der Waals surface area contributed by atoms with Crippen molar-refractivity contribution in [3.05, 3.63) is 0 Å². The van der Waals surface area contributed by atoms with Gasteiger partial charge in [-0.3, -0.25) is 4.79 Å². The Kier molecular flexibility index (Phi) is 6.91. The number of hydrogen-bond acceptors (Lipinski definition) is 2. The lowest BCUT2D eigenvalue weighted by atomic mass is 9.92. The Morgan fingerprint density at radius 3 is 1.53 bits per heavy atom. The summed E-state index contributed by atoms with van der Waals surface area (Å²) in [6, 6.07) is -2.19. The van der Waals surface area contributed by atoms with Crippen LogP contribution >= 0.6 is 12.4 Å². The van der Waals surface area contributed by atoms with Crippen molar-refractivity contribution in [1.82, 2.24) is 0 Å². The van der Waals surface area contributed by atoms with E-state index in [-0.39, 0.29) is 12.4 Å². The Balaban J connectivity index is 0. The van der Waals surface area contributed by atoms with E-state index in [1.165, 1.54) is 0 Å². The van der Waals surface area contributed by atoms with E-state index in [1.807, 2.05) is 0 Å². The summed E-state index contributed by atoms with van der Waals surface area (Å²) in [4.78, 5) is 10.3. The lowest BCUT2D eigenvalue weighted by Crippen LogP contribution is -2.42. The molecule has 3 nitrogen and oxygen atoms in total. The summed E-state index contributed by atoms with van der Waals surface area (Å²) in [5, 5.41) is 8.29. The summed E-state index contributed by atoms with van der Waals surface area (Å²) in [6.07, 6.45) is -13.5. The number of rotatable bonds is 4. The van der Waals surface area contributed by atoms with E-state index < -0.39 is 43.1 Å². The average molecular weight is 290 g/mol. The number of carbonyl (C=O) groups is 1. The Morgan fingerprint density at radius 1 is 1.06 bits per heavy atom. The van der Waals surface area contributed by atoms with Crippen LogP contribution in [0.3, 0.4) is 0 Å². The zero-order valence-corrected chi connectivity index (χ0v) is 8.99. The fraction of sp³-hybridized carbons (Fsp3) is 0.857. The van der Waals surface area contributed by atoms with Gasteiger partial charge in [-0.15, -0.1) is 12.4 Å². The zero-order valence-electron chi connectivity index (χ0n) is 8.18. The van der Waals surface area contributed by atoms with E-state index in [1.54, 1.807) is 0 Å². The molecule has 0 rings (SSSR count). The van der Waals surface area contributed by atoms with Gasteiger partial charge < -0.3 is 10.8 Å². The third-order valence-electron chi connectivity index (χ3n) is 1.78. The molecule has 1 atom stereocenters. The highest BCUT2D eigenvalue weighted by Crippen LogP contribution is 2.34. The second kappa shape index (κ2) is 6.29. The van der Waals surface area contributed by atoms with Crippen LogP contribution in [0, 0.1) is 5.92 Å². The Morgan fingerprint density at radius 2 is 1.35 bits per heavy atom. The summed E-state index contributed by atoms with van der Waals surface area (Å²) in [7, 11) is 0. The van der Waals surface area contributed by atoms with Crippen molar-refractivity contribution in [3.63, 3.8) is 0 Å². The maximum atomic E-state index is 11.9. The van der Waals surface area contributed by atoms with Gasteiger partial charge in [0.2, 0.25) is 0 Å². The summed E-state index contributed by atoms with van der Waals surface area (Å²) >= 11 is 0. The molecule has 0 aliphatic heterocycles. The first-order valence-corrected chi connectivity index (χ1v) is 4.04. The van der Waals surface area contributed by atoms with Crippen LogP contribution in [0.5, 0.6) is 0 Å². The third-order valence-corrected chi connectivity index (χ3v) is 1.78. The minimum Gasteiger partial charge on any atom is -0.480 e. The molecule has 17 heavy (non-hydrogen) atoms. The Bertz CT molecular complexity index is 238. The molecular weight excluding hydrogens is 280 g/mol. The topological polar surface area (TPSA) is 63.3 Å². The number of alkyl halides is 6. The lowest BCUT2D eigenvalue weighted by Gasteiger charge is -2.23. The second-order valence-corrected chi connectivity index (χ2v) is 3.26. The van der Waals surface area contributed by atoms with Crippen LogP contribution in [0.1, 0.15) is 12.8 Å². The maximum absolute atomic E-state index is 11.9. The Hall–Kier alpha value is -0.700. The van der Waals surface area contributed by atoms with Gasteiger partial charge in [0.25, 0.3) is 0 Å². The van der Waals surface area contributed by atoms with E-state index in [0.717, 1.165) is 0 Å².